The van der Waals surface area contributed by atoms with Gasteiger partial charge in [0.05, 0.1) is 11.4 Å². The number of hydrogen-bond acceptors (Lipinski definition) is 6. The smallest absolute Gasteiger partial charge is 0.233 e. The van der Waals surface area contributed by atoms with Crippen molar-refractivity contribution in [3.8, 4) is 5.69 Å². The molecule has 0 spiro atoms. The van der Waals surface area contributed by atoms with Gasteiger partial charge in [-0.05, 0) is 41.5 Å². The molecule has 8 heteroatoms. The number of piperazine rings is 1. The molecule has 30 heavy (non-hydrogen) atoms. The van der Waals surface area contributed by atoms with Gasteiger partial charge in [0.1, 0.15) is 0 Å². The third-order valence-corrected chi connectivity index (χ3v) is 6.51. The van der Waals surface area contributed by atoms with Gasteiger partial charge in [-0.2, -0.15) is 4.68 Å². The first-order valence-electron chi connectivity index (χ1n) is 10.2. The lowest BCUT2D eigenvalue weighted by Crippen LogP contribution is -2.49. The van der Waals surface area contributed by atoms with E-state index in [2.05, 4.69) is 51.6 Å². The van der Waals surface area contributed by atoms with Crippen LogP contribution in [0.2, 0.25) is 0 Å². The minimum Gasteiger partial charge on any atom is -0.339 e. The van der Waals surface area contributed by atoms with E-state index in [1.807, 2.05) is 42.2 Å². The second kappa shape index (κ2) is 9.40. The highest BCUT2D eigenvalue weighted by atomic mass is 32.2. The van der Waals surface area contributed by atoms with Gasteiger partial charge in [-0.25, -0.2) is 0 Å². The van der Waals surface area contributed by atoms with E-state index >= 15 is 0 Å². The molecule has 3 aromatic rings. The number of aromatic nitrogens is 4. The fourth-order valence-corrected chi connectivity index (χ4v) is 4.53. The van der Waals surface area contributed by atoms with Gasteiger partial charge in [0.25, 0.3) is 0 Å². The maximum absolute atomic E-state index is 12.8. The van der Waals surface area contributed by atoms with Crippen molar-refractivity contribution in [1.82, 2.24) is 30.0 Å². The maximum Gasteiger partial charge on any atom is 0.233 e. The van der Waals surface area contributed by atoms with Crippen molar-refractivity contribution in [2.75, 3.05) is 31.9 Å². The number of carbonyl (C=O) groups is 1. The topological polar surface area (TPSA) is 67.2 Å². The van der Waals surface area contributed by atoms with E-state index in [9.17, 15) is 4.79 Å². The average molecular weight is 423 g/mol. The summed E-state index contributed by atoms with van der Waals surface area (Å²) in [5.74, 6) is 0.465. The molecule has 2 heterocycles. The normalized spacial score (nSPS) is 15.9. The molecule has 1 atom stereocenters. The molecule has 0 N–H and O–H groups in total. The maximum atomic E-state index is 12.8. The molecule has 1 fully saturated rings. The van der Waals surface area contributed by atoms with Crippen molar-refractivity contribution >= 4 is 17.7 Å². The third-order valence-electron chi connectivity index (χ3n) is 5.61. The van der Waals surface area contributed by atoms with Gasteiger partial charge in [0.2, 0.25) is 11.1 Å². The number of benzene rings is 2. The number of hydrogen-bond donors (Lipinski definition) is 0. The van der Waals surface area contributed by atoms with Gasteiger partial charge in [-0.1, -0.05) is 60.3 Å². The van der Waals surface area contributed by atoms with E-state index < -0.39 is 0 Å². The van der Waals surface area contributed by atoms with Crippen LogP contribution in [0.1, 0.15) is 24.1 Å². The zero-order chi connectivity index (χ0) is 20.9. The van der Waals surface area contributed by atoms with Gasteiger partial charge in [0.15, 0.2) is 0 Å². The summed E-state index contributed by atoms with van der Waals surface area (Å²) in [6.45, 7) is 7.51. The van der Waals surface area contributed by atoms with Crippen molar-refractivity contribution in [2.24, 2.45) is 0 Å². The SMILES string of the molecule is Cc1ccccc1-n1nnnc1SCC(=O)N1CCN([C@@H](C)c2ccccc2)CC1. The molecule has 0 bridgehead atoms. The van der Waals surface area contributed by atoms with E-state index in [0.717, 1.165) is 37.4 Å². The summed E-state index contributed by atoms with van der Waals surface area (Å²) >= 11 is 1.39. The molecule has 0 radical (unpaired) electrons. The van der Waals surface area contributed by atoms with Gasteiger partial charge in [-0.15, -0.1) is 5.10 Å². The fourth-order valence-electron chi connectivity index (χ4n) is 3.74. The Morgan fingerprint density at radius 2 is 1.73 bits per heavy atom. The van der Waals surface area contributed by atoms with Crippen LogP contribution < -0.4 is 0 Å². The lowest BCUT2D eigenvalue weighted by molar-refractivity contribution is -0.130. The Hall–Kier alpha value is -2.71. The summed E-state index contributed by atoms with van der Waals surface area (Å²) in [6, 6.07) is 18.8. The number of amides is 1. The summed E-state index contributed by atoms with van der Waals surface area (Å²) in [5, 5.41) is 12.6. The highest BCUT2D eigenvalue weighted by molar-refractivity contribution is 7.99. The Kier molecular flexibility index (Phi) is 6.44. The Balaban J connectivity index is 1.31. The van der Waals surface area contributed by atoms with Gasteiger partial charge < -0.3 is 4.90 Å². The molecular formula is C22H26N6OS. The van der Waals surface area contributed by atoms with Crippen LogP contribution in [0.3, 0.4) is 0 Å². The standard InChI is InChI=1S/C22H26N6OS/c1-17-8-6-7-11-20(17)28-22(23-24-25-28)30-16-21(29)27-14-12-26(13-15-27)18(2)19-9-4-3-5-10-19/h3-11,18H,12-16H2,1-2H3/t18-/m0/s1. The van der Waals surface area contributed by atoms with Crippen LogP contribution in [0, 0.1) is 6.92 Å². The van der Waals surface area contributed by atoms with E-state index in [1.165, 1.54) is 17.3 Å². The largest absolute Gasteiger partial charge is 0.339 e. The minimum atomic E-state index is 0.131. The highest BCUT2D eigenvalue weighted by Gasteiger charge is 2.25. The fraction of sp³-hybridized carbons (Fsp3) is 0.364. The molecule has 1 aromatic heterocycles. The van der Waals surface area contributed by atoms with Crippen molar-refractivity contribution in [3.05, 3.63) is 65.7 Å². The quantitative estimate of drug-likeness (QED) is 0.569. The first-order valence-corrected chi connectivity index (χ1v) is 11.2. The first kappa shape index (κ1) is 20.6. The molecular weight excluding hydrogens is 396 g/mol. The van der Waals surface area contributed by atoms with Crippen LogP contribution in [0.25, 0.3) is 5.69 Å². The van der Waals surface area contributed by atoms with Crippen LogP contribution in [-0.2, 0) is 4.79 Å². The predicted octanol–water partition coefficient (Wildman–Crippen LogP) is 2.97. The highest BCUT2D eigenvalue weighted by Crippen LogP contribution is 2.23. The molecule has 7 nitrogen and oxygen atoms in total. The predicted molar refractivity (Wildman–Crippen MR) is 118 cm³/mol. The number of para-hydroxylation sites is 1. The van der Waals surface area contributed by atoms with Crippen LogP contribution in [-0.4, -0.2) is 67.8 Å². The van der Waals surface area contributed by atoms with Gasteiger partial charge >= 0.3 is 0 Å². The molecule has 4 rings (SSSR count). The van der Waals surface area contributed by atoms with Gasteiger partial charge in [0, 0.05) is 32.2 Å². The van der Waals surface area contributed by atoms with E-state index in [1.54, 1.807) is 4.68 Å². The third kappa shape index (κ3) is 4.55. The van der Waals surface area contributed by atoms with E-state index in [-0.39, 0.29) is 5.91 Å². The number of nitrogens with zero attached hydrogens (tertiary/aromatic N) is 6. The Morgan fingerprint density at radius 1 is 1.03 bits per heavy atom. The zero-order valence-electron chi connectivity index (χ0n) is 17.3. The number of tetrazole rings is 1. The van der Waals surface area contributed by atoms with Crippen molar-refractivity contribution in [3.63, 3.8) is 0 Å². The monoisotopic (exact) mass is 422 g/mol. The minimum absolute atomic E-state index is 0.131. The molecule has 1 saturated heterocycles. The summed E-state index contributed by atoms with van der Waals surface area (Å²) < 4.78 is 1.70. The summed E-state index contributed by atoms with van der Waals surface area (Å²) in [6.07, 6.45) is 0. The molecule has 0 unspecified atom stereocenters. The van der Waals surface area contributed by atoms with E-state index in [4.69, 9.17) is 0 Å². The summed E-state index contributed by atoms with van der Waals surface area (Å²) in [7, 11) is 0. The van der Waals surface area contributed by atoms with Crippen molar-refractivity contribution in [1.29, 1.82) is 0 Å². The average Bonchev–Trinajstić information content (AvgIpc) is 3.26. The molecule has 156 valence electrons. The Labute approximate surface area is 181 Å². The van der Waals surface area contributed by atoms with E-state index in [0.29, 0.717) is 17.0 Å². The number of thioether (sulfide) groups is 1. The number of carbonyl (C=O) groups excluding carboxylic acids is 1. The van der Waals surface area contributed by atoms with Crippen LogP contribution in [0.5, 0.6) is 0 Å². The number of rotatable bonds is 6. The van der Waals surface area contributed by atoms with Crippen molar-refractivity contribution in [2.45, 2.75) is 25.0 Å². The molecule has 0 saturated carbocycles. The number of aryl methyl sites for hydroxylation is 1. The zero-order valence-corrected chi connectivity index (χ0v) is 18.1. The molecule has 0 aliphatic carbocycles. The lowest BCUT2D eigenvalue weighted by atomic mass is 10.1. The van der Waals surface area contributed by atoms with Crippen LogP contribution in [0.15, 0.2) is 59.8 Å². The molecule has 1 aliphatic heterocycles. The lowest BCUT2D eigenvalue weighted by Gasteiger charge is -2.38. The molecule has 2 aromatic carbocycles. The summed E-state index contributed by atoms with van der Waals surface area (Å²) in [4.78, 5) is 17.1. The van der Waals surface area contributed by atoms with Crippen LogP contribution >= 0.6 is 11.8 Å². The first-order chi connectivity index (χ1) is 14.6. The second-order valence-corrected chi connectivity index (χ2v) is 8.39. The second-order valence-electron chi connectivity index (χ2n) is 7.45. The van der Waals surface area contributed by atoms with Crippen molar-refractivity contribution < 1.29 is 4.79 Å². The Morgan fingerprint density at radius 3 is 2.47 bits per heavy atom. The molecule has 1 aliphatic rings. The Bertz CT molecular complexity index is 984. The van der Waals surface area contributed by atoms with Crippen LogP contribution in [0.4, 0.5) is 0 Å². The van der Waals surface area contributed by atoms with Gasteiger partial charge in [-0.3, -0.25) is 9.69 Å². The molecule has 1 amide bonds. The summed E-state index contributed by atoms with van der Waals surface area (Å²) in [5.41, 5.74) is 3.33.